The largest absolute Gasteiger partial charge is 0.398 e. The zero-order valence-electron chi connectivity index (χ0n) is 9.22. The maximum Gasteiger partial charge on any atom is 0.252 e. The maximum absolute atomic E-state index is 12.2. The molecule has 2 N–H and O–H groups in total. The highest BCUT2D eigenvalue weighted by Crippen LogP contribution is 2.30. The van der Waals surface area contributed by atoms with E-state index in [2.05, 4.69) is 0 Å². The zero-order chi connectivity index (χ0) is 11.8. The van der Waals surface area contributed by atoms with Gasteiger partial charge in [0.25, 0.3) is 10.0 Å². The molecule has 0 atom stereocenters. The Morgan fingerprint density at radius 3 is 2.56 bits per heavy atom. The van der Waals surface area contributed by atoms with Gasteiger partial charge in [0.05, 0.1) is 0 Å². The number of rotatable bonds is 3. The molecular weight excluding hydrogens is 244 g/mol. The van der Waals surface area contributed by atoms with Crippen molar-refractivity contribution in [1.29, 1.82) is 0 Å². The number of anilines is 1. The van der Waals surface area contributed by atoms with Gasteiger partial charge < -0.3 is 5.73 Å². The van der Waals surface area contributed by atoms with Gasteiger partial charge in [-0.05, 0) is 18.9 Å². The molecule has 0 spiro atoms. The van der Waals surface area contributed by atoms with Crippen LogP contribution < -0.4 is 5.73 Å². The van der Waals surface area contributed by atoms with Crippen LogP contribution in [-0.2, 0) is 10.0 Å². The fraction of sp³-hybridized carbons (Fsp3) is 0.600. The van der Waals surface area contributed by atoms with Gasteiger partial charge in [0.1, 0.15) is 4.21 Å². The highest BCUT2D eigenvalue weighted by atomic mass is 32.2. The Morgan fingerprint density at radius 2 is 2.06 bits per heavy atom. The number of nitrogen functional groups attached to an aromatic ring is 1. The Morgan fingerprint density at radius 1 is 1.44 bits per heavy atom. The molecule has 0 unspecified atom stereocenters. The van der Waals surface area contributed by atoms with Crippen LogP contribution in [0.1, 0.15) is 25.7 Å². The van der Waals surface area contributed by atoms with Gasteiger partial charge in [0.15, 0.2) is 0 Å². The SMILES string of the molecule is CN(C1CCCC1)S(=O)(=O)c1cc(N)cs1. The van der Waals surface area contributed by atoms with Gasteiger partial charge in [-0.3, -0.25) is 0 Å². The second-order valence-electron chi connectivity index (χ2n) is 4.16. The zero-order valence-corrected chi connectivity index (χ0v) is 10.9. The van der Waals surface area contributed by atoms with Crippen LogP contribution in [-0.4, -0.2) is 25.8 Å². The van der Waals surface area contributed by atoms with Gasteiger partial charge in [-0.25, -0.2) is 8.42 Å². The van der Waals surface area contributed by atoms with Gasteiger partial charge >= 0.3 is 0 Å². The van der Waals surface area contributed by atoms with Gasteiger partial charge in [-0.2, -0.15) is 4.31 Å². The maximum atomic E-state index is 12.2. The lowest BCUT2D eigenvalue weighted by Crippen LogP contribution is -2.34. The first-order valence-corrected chi connectivity index (χ1v) is 7.66. The third kappa shape index (κ3) is 2.09. The molecular formula is C10H16N2O2S2. The van der Waals surface area contributed by atoms with E-state index in [4.69, 9.17) is 5.73 Å². The molecule has 16 heavy (non-hydrogen) atoms. The van der Waals surface area contributed by atoms with Crippen molar-refractivity contribution in [2.75, 3.05) is 12.8 Å². The summed E-state index contributed by atoms with van der Waals surface area (Å²) in [6, 6.07) is 1.69. The van der Waals surface area contributed by atoms with Crippen molar-refractivity contribution in [2.24, 2.45) is 0 Å². The Hall–Kier alpha value is -0.590. The van der Waals surface area contributed by atoms with Crippen molar-refractivity contribution in [2.45, 2.75) is 35.9 Å². The molecule has 90 valence electrons. The monoisotopic (exact) mass is 260 g/mol. The lowest BCUT2D eigenvalue weighted by atomic mass is 10.3. The molecule has 0 aromatic carbocycles. The lowest BCUT2D eigenvalue weighted by molar-refractivity contribution is 0.374. The summed E-state index contributed by atoms with van der Waals surface area (Å²) in [5, 5.41) is 1.66. The number of hydrogen-bond donors (Lipinski definition) is 1. The van der Waals surface area contributed by atoms with E-state index in [0.717, 1.165) is 25.7 Å². The number of nitrogens with zero attached hydrogens (tertiary/aromatic N) is 1. The van der Waals surface area contributed by atoms with E-state index in [1.807, 2.05) is 0 Å². The molecule has 4 nitrogen and oxygen atoms in total. The Kier molecular flexibility index (Phi) is 3.23. The Bertz CT molecular complexity index is 461. The molecule has 0 radical (unpaired) electrons. The molecule has 0 amide bonds. The van der Waals surface area contributed by atoms with Crippen LogP contribution in [0.2, 0.25) is 0 Å². The van der Waals surface area contributed by atoms with Crippen molar-refractivity contribution in [3.63, 3.8) is 0 Å². The van der Waals surface area contributed by atoms with Crippen LogP contribution in [0.5, 0.6) is 0 Å². The molecule has 6 heteroatoms. The summed E-state index contributed by atoms with van der Waals surface area (Å²) in [7, 11) is -1.66. The van der Waals surface area contributed by atoms with Crippen LogP contribution in [0.4, 0.5) is 5.69 Å². The Labute approximate surface area is 100 Å². The summed E-state index contributed by atoms with van der Waals surface area (Å²) in [4.78, 5) is 0. The van der Waals surface area contributed by atoms with Gasteiger partial charge in [0, 0.05) is 24.2 Å². The molecule has 1 aliphatic rings. The van der Waals surface area contributed by atoms with Crippen molar-refractivity contribution in [3.8, 4) is 0 Å². The van der Waals surface area contributed by atoms with Crippen LogP contribution in [0.15, 0.2) is 15.7 Å². The normalized spacial score (nSPS) is 18.4. The minimum absolute atomic E-state index is 0.160. The van der Waals surface area contributed by atoms with Crippen molar-refractivity contribution >= 4 is 27.0 Å². The van der Waals surface area contributed by atoms with Crippen LogP contribution in [0.3, 0.4) is 0 Å². The second kappa shape index (κ2) is 4.35. The summed E-state index contributed by atoms with van der Waals surface area (Å²) in [6.07, 6.45) is 4.18. The molecule has 1 saturated carbocycles. The van der Waals surface area contributed by atoms with E-state index in [9.17, 15) is 8.42 Å². The molecule has 1 aromatic heterocycles. The minimum Gasteiger partial charge on any atom is -0.398 e. The quantitative estimate of drug-likeness (QED) is 0.902. The fourth-order valence-corrected chi connectivity index (χ4v) is 4.75. The summed E-state index contributed by atoms with van der Waals surface area (Å²) < 4.78 is 26.3. The summed E-state index contributed by atoms with van der Waals surface area (Å²) in [5.74, 6) is 0. The van der Waals surface area contributed by atoms with E-state index in [1.54, 1.807) is 12.4 Å². The molecule has 0 bridgehead atoms. The molecule has 0 saturated heterocycles. The van der Waals surface area contributed by atoms with Crippen LogP contribution in [0, 0.1) is 0 Å². The first-order chi connectivity index (χ1) is 7.51. The van der Waals surface area contributed by atoms with Gasteiger partial charge in [-0.15, -0.1) is 11.3 Å². The first kappa shape index (κ1) is 11.9. The number of sulfonamides is 1. The average molecular weight is 260 g/mol. The summed E-state index contributed by atoms with van der Waals surface area (Å²) >= 11 is 1.19. The van der Waals surface area contributed by atoms with E-state index < -0.39 is 10.0 Å². The Balaban J connectivity index is 2.24. The number of hydrogen-bond acceptors (Lipinski definition) is 4. The third-order valence-corrected chi connectivity index (χ3v) is 6.41. The fourth-order valence-electron chi connectivity index (χ4n) is 2.07. The smallest absolute Gasteiger partial charge is 0.252 e. The van der Waals surface area contributed by atoms with Crippen molar-refractivity contribution < 1.29 is 8.42 Å². The molecule has 1 aliphatic carbocycles. The van der Waals surface area contributed by atoms with E-state index >= 15 is 0 Å². The summed E-state index contributed by atoms with van der Waals surface area (Å²) in [5.41, 5.74) is 6.07. The first-order valence-electron chi connectivity index (χ1n) is 5.34. The lowest BCUT2D eigenvalue weighted by Gasteiger charge is -2.22. The average Bonchev–Trinajstić information content (AvgIpc) is 2.86. The van der Waals surface area contributed by atoms with Crippen LogP contribution >= 0.6 is 11.3 Å². The van der Waals surface area contributed by atoms with Crippen LogP contribution in [0.25, 0.3) is 0 Å². The highest BCUT2D eigenvalue weighted by molar-refractivity contribution is 7.91. The molecule has 1 aromatic rings. The number of thiophene rings is 1. The van der Waals surface area contributed by atoms with E-state index in [1.165, 1.54) is 21.7 Å². The second-order valence-corrected chi connectivity index (χ2v) is 7.29. The summed E-state index contributed by atoms with van der Waals surface area (Å²) in [6.45, 7) is 0. The standard InChI is InChI=1S/C10H16N2O2S2/c1-12(9-4-2-3-5-9)16(13,14)10-6-8(11)7-15-10/h6-7,9H,2-5,11H2,1H3. The molecule has 1 fully saturated rings. The molecule has 0 aliphatic heterocycles. The predicted octanol–water partition coefficient (Wildman–Crippen LogP) is 1.89. The topological polar surface area (TPSA) is 63.4 Å². The van der Waals surface area contributed by atoms with Gasteiger partial charge in [0.2, 0.25) is 0 Å². The number of nitrogens with two attached hydrogens (primary N) is 1. The molecule has 1 heterocycles. The highest BCUT2D eigenvalue weighted by Gasteiger charge is 2.30. The van der Waals surface area contributed by atoms with E-state index in [-0.39, 0.29) is 6.04 Å². The van der Waals surface area contributed by atoms with E-state index in [0.29, 0.717) is 9.90 Å². The van der Waals surface area contributed by atoms with Gasteiger partial charge in [-0.1, -0.05) is 12.8 Å². The minimum atomic E-state index is -3.33. The third-order valence-electron chi connectivity index (χ3n) is 3.07. The predicted molar refractivity (Wildman–Crippen MR) is 65.9 cm³/mol. The van der Waals surface area contributed by atoms with Crippen molar-refractivity contribution in [1.82, 2.24) is 4.31 Å². The molecule has 2 rings (SSSR count). The van der Waals surface area contributed by atoms with Crippen molar-refractivity contribution in [3.05, 3.63) is 11.4 Å².